The number of carbonyl (C=O) groups is 1. The van der Waals surface area contributed by atoms with Crippen LogP contribution in [-0.4, -0.2) is 48.3 Å². The maximum absolute atomic E-state index is 12.7. The van der Waals surface area contributed by atoms with Gasteiger partial charge in [0.15, 0.2) is 11.5 Å². The van der Waals surface area contributed by atoms with E-state index >= 15 is 0 Å². The van der Waals surface area contributed by atoms with Crippen molar-refractivity contribution in [2.45, 2.75) is 50.2 Å². The molecule has 1 aliphatic carbocycles. The van der Waals surface area contributed by atoms with E-state index < -0.39 is 5.79 Å². The van der Waals surface area contributed by atoms with Crippen LogP contribution in [-0.2, 0) is 4.79 Å². The molecule has 1 spiro atoms. The third-order valence-electron chi connectivity index (χ3n) is 7.50. The summed E-state index contributed by atoms with van der Waals surface area (Å²) in [4.78, 5) is 18.4. The van der Waals surface area contributed by atoms with Crippen LogP contribution in [0.3, 0.4) is 0 Å². The summed E-state index contributed by atoms with van der Waals surface area (Å²) in [5, 5.41) is 4.27. The minimum Gasteiger partial charge on any atom is -0.497 e. The van der Waals surface area contributed by atoms with Gasteiger partial charge in [0.05, 0.1) is 13.7 Å². The number of benzene rings is 2. The largest absolute Gasteiger partial charge is 0.497 e. The standard InChI is InChI=1S/C27H31N3O4/c1-32-20-5-6-23-21(15-20)22(16-28-23)18-8-12-30(13-9-18)17-26(31)29-19-4-7-24-25(14-19)34-27(33-24)10-2-3-11-27/h4-7,14-16,18,28H,2-3,8-13,17H2,1H3,(H,29,31). The first kappa shape index (κ1) is 21.4. The van der Waals surface area contributed by atoms with Crippen molar-refractivity contribution in [2.75, 3.05) is 32.1 Å². The first-order chi connectivity index (χ1) is 16.6. The number of nitrogens with zero attached hydrogens (tertiary/aromatic N) is 1. The summed E-state index contributed by atoms with van der Waals surface area (Å²) in [6.07, 6.45) is 8.29. The number of ether oxygens (including phenoxy) is 3. The van der Waals surface area contributed by atoms with Crippen LogP contribution in [0.5, 0.6) is 17.2 Å². The molecule has 7 heteroatoms. The molecular weight excluding hydrogens is 430 g/mol. The Bertz CT molecular complexity index is 1210. The van der Waals surface area contributed by atoms with Crippen LogP contribution in [0.4, 0.5) is 5.69 Å². The molecule has 2 N–H and O–H groups in total. The highest BCUT2D eigenvalue weighted by Gasteiger charge is 2.44. The number of hydrogen-bond acceptors (Lipinski definition) is 5. The summed E-state index contributed by atoms with van der Waals surface area (Å²) in [6, 6.07) is 11.8. The molecule has 3 aromatic rings. The SMILES string of the molecule is COc1ccc2[nH]cc(C3CCN(CC(=O)Nc4ccc5c(c4)OC4(CCCC4)O5)CC3)c2c1. The molecule has 6 rings (SSSR count). The number of fused-ring (bicyclic) bond motifs is 2. The van der Waals surface area contributed by atoms with E-state index in [2.05, 4.69) is 33.5 Å². The lowest BCUT2D eigenvalue weighted by atomic mass is 9.89. The number of anilines is 1. The average molecular weight is 462 g/mol. The molecule has 0 unspecified atom stereocenters. The number of aromatic amines is 1. The molecule has 7 nitrogen and oxygen atoms in total. The van der Waals surface area contributed by atoms with Gasteiger partial charge in [-0.15, -0.1) is 0 Å². The Balaban J connectivity index is 1.04. The number of methoxy groups -OCH3 is 1. The molecule has 0 atom stereocenters. The highest BCUT2D eigenvalue weighted by molar-refractivity contribution is 5.92. The number of H-pyrrole nitrogens is 1. The zero-order chi connectivity index (χ0) is 23.1. The molecule has 3 heterocycles. The monoisotopic (exact) mass is 461 g/mol. The van der Waals surface area contributed by atoms with Gasteiger partial charge < -0.3 is 24.5 Å². The number of hydrogen-bond donors (Lipinski definition) is 2. The minimum absolute atomic E-state index is 0.00438. The van der Waals surface area contributed by atoms with Crippen molar-refractivity contribution in [2.24, 2.45) is 0 Å². The smallest absolute Gasteiger partial charge is 0.251 e. The van der Waals surface area contributed by atoms with Crippen molar-refractivity contribution < 1.29 is 19.0 Å². The first-order valence-electron chi connectivity index (χ1n) is 12.3. The van der Waals surface area contributed by atoms with Crippen molar-refractivity contribution in [3.63, 3.8) is 0 Å². The van der Waals surface area contributed by atoms with Crippen LogP contribution in [0.15, 0.2) is 42.6 Å². The normalized spacial score (nSPS) is 19.7. The highest BCUT2D eigenvalue weighted by Crippen LogP contribution is 2.47. The molecule has 2 aliphatic heterocycles. The van der Waals surface area contributed by atoms with Gasteiger partial charge in [-0.2, -0.15) is 0 Å². The quantitative estimate of drug-likeness (QED) is 0.557. The van der Waals surface area contributed by atoms with Crippen molar-refractivity contribution in [3.05, 3.63) is 48.2 Å². The van der Waals surface area contributed by atoms with Crippen LogP contribution in [0, 0.1) is 0 Å². The molecule has 2 aromatic carbocycles. The molecule has 1 amide bonds. The third-order valence-corrected chi connectivity index (χ3v) is 7.50. The Morgan fingerprint density at radius 3 is 2.71 bits per heavy atom. The van der Waals surface area contributed by atoms with Gasteiger partial charge in [-0.05, 0) is 80.6 Å². The molecule has 3 aliphatic rings. The van der Waals surface area contributed by atoms with E-state index in [4.69, 9.17) is 14.2 Å². The summed E-state index contributed by atoms with van der Waals surface area (Å²) in [6.45, 7) is 2.20. The fraction of sp³-hybridized carbons (Fsp3) is 0.444. The van der Waals surface area contributed by atoms with Crippen LogP contribution in [0.1, 0.15) is 50.0 Å². The molecule has 0 radical (unpaired) electrons. The van der Waals surface area contributed by atoms with E-state index in [-0.39, 0.29) is 5.91 Å². The fourth-order valence-electron chi connectivity index (χ4n) is 5.68. The number of likely N-dealkylation sites (tertiary alicyclic amines) is 1. The minimum atomic E-state index is -0.481. The van der Waals surface area contributed by atoms with Crippen molar-refractivity contribution in [1.82, 2.24) is 9.88 Å². The van der Waals surface area contributed by atoms with Crippen LogP contribution < -0.4 is 19.5 Å². The van der Waals surface area contributed by atoms with Crippen LogP contribution in [0.2, 0.25) is 0 Å². The second kappa shape index (κ2) is 8.55. The highest BCUT2D eigenvalue weighted by atomic mass is 16.7. The number of carbonyl (C=O) groups excluding carboxylic acids is 1. The maximum atomic E-state index is 12.7. The summed E-state index contributed by atoms with van der Waals surface area (Å²) in [7, 11) is 1.70. The average Bonchev–Trinajstić information content (AvgIpc) is 3.57. The van der Waals surface area contributed by atoms with E-state index in [1.54, 1.807) is 7.11 Å². The third kappa shape index (κ3) is 3.98. The predicted molar refractivity (Wildman–Crippen MR) is 131 cm³/mol. The lowest BCUT2D eigenvalue weighted by molar-refractivity contribution is -0.117. The van der Waals surface area contributed by atoms with E-state index in [1.807, 2.05) is 24.3 Å². The Morgan fingerprint density at radius 2 is 1.91 bits per heavy atom. The summed E-state index contributed by atoms with van der Waals surface area (Å²) in [5.41, 5.74) is 3.24. The molecule has 0 bridgehead atoms. The zero-order valence-electron chi connectivity index (χ0n) is 19.6. The molecule has 178 valence electrons. The number of piperidine rings is 1. The van der Waals surface area contributed by atoms with Gasteiger partial charge in [-0.3, -0.25) is 9.69 Å². The van der Waals surface area contributed by atoms with E-state index in [0.29, 0.717) is 12.5 Å². The number of nitrogens with one attached hydrogen (secondary N) is 2. The zero-order valence-corrected chi connectivity index (χ0v) is 19.6. The molecule has 1 saturated heterocycles. The van der Waals surface area contributed by atoms with E-state index in [9.17, 15) is 4.79 Å². The van der Waals surface area contributed by atoms with Crippen molar-refractivity contribution in [1.29, 1.82) is 0 Å². The maximum Gasteiger partial charge on any atom is 0.251 e. The molecule has 34 heavy (non-hydrogen) atoms. The molecule has 1 aromatic heterocycles. The number of aromatic nitrogens is 1. The van der Waals surface area contributed by atoms with Crippen LogP contribution in [0.25, 0.3) is 10.9 Å². The van der Waals surface area contributed by atoms with Crippen molar-refractivity contribution >= 4 is 22.5 Å². The Labute approximate surface area is 199 Å². The van der Waals surface area contributed by atoms with Gasteiger partial charge in [0.25, 0.3) is 5.79 Å². The van der Waals surface area contributed by atoms with Gasteiger partial charge in [0, 0.05) is 41.7 Å². The molecule has 2 fully saturated rings. The Kier molecular flexibility index (Phi) is 5.37. The number of amides is 1. The fourth-order valence-corrected chi connectivity index (χ4v) is 5.68. The summed E-state index contributed by atoms with van der Waals surface area (Å²) in [5.74, 6) is 2.39. The van der Waals surface area contributed by atoms with Crippen molar-refractivity contribution in [3.8, 4) is 17.2 Å². The predicted octanol–water partition coefficient (Wildman–Crippen LogP) is 5.04. The van der Waals surface area contributed by atoms with Crippen LogP contribution >= 0.6 is 0 Å². The molecule has 1 saturated carbocycles. The first-order valence-corrected chi connectivity index (χ1v) is 12.3. The Hall–Kier alpha value is -3.19. The topological polar surface area (TPSA) is 75.8 Å². The number of rotatable bonds is 5. The second-order valence-electron chi connectivity index (χ2n) is 9.74. The molecular formula is C27H31N3O4. The van der Waals surface area contributed by atoms with E-state index in [0.717, 1.165) is 80.1 Å². The van der Waals surface area contributed by atoms with Gasteiger partial charge in [-0.1, -0.05) is 0 Å². The van der Waals surface area contributed by atoms with Gasteiger partial charge in [0.2, 0.25) is 5.91 Å². The van der Waals surface area contributed by atoms with Gasteiger partial charge in [-0.25, -0.2) is 0 Å². The van der Waals surface area contributed by atoms with Gasteiger partial charge in [0.1, 0.15) is 5.75 Å². The summed E-state index contributed by atoms with van der Waals surface area (Å²) < 4.78 is 17.6. The second-order valence-corrected chi connectivity index (χ2v) is 9.74. The Morgan fingerprint density at radius 1 is 1.12 bits per heavy atom. The summed E-state index contributed by atoms with van der Waals surface area (Å²) >= 11 is 0. The van der Waals surface area contributed by atoms with Gasteiger partial charge >= 0.3 is 0 Å². The van der Waals surface area contributed by atoms with E-state index in [1.165, 1.54) is 10.9 Å². The lowest BCUT2D eigenvalue weighted by Crippen LogP contribution is -2.38. The lowest BCUT2D eigenvalue weighted by Gasteiger charge is -2.31.